The van der Waals surface area contributed by atoms with E-state index in [-0.39, 0.29) is 21.7 Å². The summed E-state index contributed by atoms with van der Waals surface area (Å²) in [4.78, 5) is 17.4. The zero-order valence-electron chi connectivity index (χ0n) is 8.31. The van der Waals surface area contributed by atoms with Crippen molar-refractivity contribution >= 4 is 22.5 Å². The highest BCUT2D eigenvalue weighted by Crippen LogP contribution is 2.22. The monoisotopic (exact) mass is 262 g/mol. The van der Waals surface area contributed by atoms with Gasteiger partial charge in [-0.05, 0) is 29.3 Å². The van der Waals surface area contributed by atoms with Crippen LogP contribution in [-0.4, -0.2) is 16.1 Å². The number of H-pyrrole nitrogens is 1. The fourth-order valence-electron chi connectivity index (χ4n) is 1.50. The molecule has 0 saturated carbocycles. The summed E-state index contributed by atoms with van der Waals surface area (Å²) in [7, 11) is 0. The van der Waals surface area contributed by atoms with Crippen molar-refractivity contribution in [3.63, 3.8) is 0 Å². The van der Waals surface area contributed by atoms with Gasteiger partial charge in [-0.2, -0.15) is 13.2 Å². The molecule has 1 heterocycles. The van der Waals surface area contributed by atoms with E-state index < -0.39 is 18.2 Å². The highest BCUT2D eigenvalue weighted by atomic mass is 35.5. The summed E-state index contributed by atoms with van der Waals surface area (Å²) >= 11 is 5.52. The van der Waals surface area contributed by atoms with Gasteiger partial charge in [-0.1, -0.05) is 6.07 Å². The van der Waals surface area contributed by atoms with Gasteiger partial charge in [0, 0.05) is 0 Å². The summed E-state index contributed by atoms with van der Waals surface area (Å²) in [6.07, 6.45) is -5.35. The lowest BCUT2D eigenvalue weighted by Crippen LogP contribution is -2.12. The van der Waals surface area contributed by atoms with Gasteiger partial charge in [0.1, 0.15) is 0 Å². The third kappa shape index (κ3) is 2.76. The van der Waals surface area contributed by atoms with Gasteiger partial charge < -0.3 is 0 Å². The smallest absolute Gasteiger partial charge is 0.297 e. The lowest BCUT2D eigenvalue weighted by atomic mass is 10.1. The quantitative estimate of drug-likeness (QED) is 0.803. The van der Waals surface area contributed by atoms with Gasteiger partial charge in [-0.3, -0.25) is 9.78 Å². The molecule has 0 radical (unpaired) electrons. The molecule has 0 saturated heterocycles. The molecule has 2 rings (SSSR count). The van der Waals surface area contributed by atoms with Crippen molar-refractivity contribution < 1.29 is 13.2 Å². The predicted molar refractivity (Wildman–Crippen MR) is 57.1 cm³/mol. The summed E-state index contributed by atoms with van der Waals surface area (Å²) in [5.74, 6) is 0. The van der Waals surface area contributed by atoms with Crippen LogP contribution in [0.3, 0.4) is 0 Å². The van der Waals surface area contributed by atoms with Crippen molar-refractivity contribution in [3.8, 4) is 0 Å². The van der Waals surface area contributed by atoms with E-state index in [1.165, 1.54) is 18.2 Å². The first-order valence-corrected chi connectivity index (χ1v) is 4.98. The molecule has 0 unspecified atom stereocenters. The summed E-state index contributed by atoms with van der Waals surface area (Å²) in [6, 6.07) is 3.77. The van der Waals surface area contributed by atoms with Crippen LogP contribution in [0.1, 0.15) is 5.56 Å². The molecule has 17 heavy (non-hydrogen) atoms. The standard InChI is InChI=1S/C10H6ClF3N2O/c11-9-15-7-3-5(4-10(12,13)14)1-2-6(7)8(17)16-9/h1-3H,4H2,(H,15,16,17). The van der Waals surface area contributed by atoms with E-state index >= 15 is 0 Å². The summed E-state index contributed by atoms with van der Waals surface area (Å²) in [5.41, 5.74) is -0.279. The van der Waals surface area contributed by atoms with E-state index in [2.05, 4.69) is 9.97 Å². The van der Waals surface area contributed by atoms with Gasteiger partial charge in [-0.25, -0.2) is 4.98 Å². The Morgan fingerprint density at radius 1 is 1.35 bits per heavy atom. The van der Waals surface area contributed by atoms with E-state index in [9.17, 15) is 18.0 Å². The zero-order chi connectivity index (χ0) is 12.6. The SMILES string of the molecule is O=c1[nH]c(Cl)nc2cc(CC(F)(F)F)ccc12. The van der Waals surface area contributed by atoms with Gasteiger partial charge in [-0.15, -0.1) is 0 Å². The van der Waals surface area contributed by atoms with Crippen LogP contribution in [0, 0.1) is 0 Å². The molecular formula is C10H6ClF3N2O. The normalized spacial score (nSPS) is 12.0. The van der Waals surface area contributed by atoms with Crippen molar-refractivity contribution in [1.82, 2.24) is 9.97 Å². The number of halogens is 4. The molecule has 0 amide bonds. The Kier molecular flexibility index (Phi) is 2.82. The minimum absolute atomic E-state index is 0.0409. The second-order valence-electron chi connectivity index (χ2n) is 3.50. The lowest BCUT2D eigenvalue weighted by Gasteiger charge is -2.06. The van der Waals surface area contributed by atoms with E-state index in [0.717, 1.165) is 0 Å². The maximum absolute atomic E-state index is 12.2. The number of alkyl halides is 3. The van der Waals surface area contributed by atoms with Gasteiger partial charge in [0.15, 0.2) is 0 Å². The fraction of sp³-hybridized carbons (Fsp3) is 0.200. The minimum Gasteiger partial charge on any atom is -0.297 e. The maximum Gasteiger partial charge on any atom is 0.393 e. The Morgan fingerprint density at radius 3 is 2.71 bits per heavy atom. The Balaban J connectivity index is 2.54. The number of hydrogen-bond acceptors (Lipinski definition) is 2. The van der Waals surface area contributed by atoms with Crippen molar-refractivity contribution in [1.29, 1.82) is 0 Å². The van der Waals surface area contributed by atoms with Gasteiger partial charge in [0.25, 0.3) is 5.56 Å². The third-order valence-corrected chi connectivity index (χ3v) is 2.33. The molecule has 0 aliphatic rings. The Labute approximate surface area is 98.2 Å². The van der Waals surface area contributed by atoms with Crippen LogP contribution in [0.15, 0.2) is 23.0 Å². The zero-order valence-corrected chi connectivity index (χ0v) is 9.06. The number of aromatic nitrogens is 2. The van der Waals surface area contributed by atoms with E-state index in [4.69, 9.17) is 11.6 Å². The minimum atomic E-state index is -4.29. The molecule has 0 fully saturated rings. The maximum atomic E-state index is 12.2. The van der Waals surface area contributed by atoms with Crippen LogP contribution >= 0.6 is 11.6 Å². The molecule has 2 aromatic rings. The van der Waals surface area contributed by atoms with Crippen LogP contribution in [0.4, 0.5) is 13.2 Å². The van der Waals surface area contributed by atoms with Crippen molar-refractivity contribution in [3.05, 3.63) is 39.4 Å². The van der Waals surface area contributed by atoms with E-state index in [0.29, 0.717) is 0 Å². The highest BCUT2D eigenvalue weighted by Gasteiger charge is 2.27. The second kappa shape index (κ2) is 4.03. The van der Waals surface area contributed by atoms with Crippen LogP contribution in [0.5, 0.6) is 0 Å². The van der Waals surface area contributed by atoms with E-state index in [1.807, 2.05) is 0 Å². The molecule has 0 aliphatic heterocycles. The van der Waals surface area contributed by atoms with Crippen molar-refractivity contribution in [2.24, 2.45) is 0 Å². The number of nitrogens with zero attached hydrogens (tertiary/aromatic N) is 1. The Bertz CT molecular complexity index is 621. The number of rotatable bonds is 1. The van der Waals surface area contributed by atoms with Crippen molar-refractivity contribution in [2.45, 2.75) is 12.6 Å². The average molecular weight is 263 g/mol. The number of hydrogen-bond donors (Lipinski definition) is 1. The average Bonchev–Trinajstić information content (AvgIpc) is 2.13. The molecule has 1 aromatic heterocycles. The van der Waals surface area contributed by atoms with E-state index in [1.54, 1.807) is 0 Å². The fourth-order valence-corrected chi connectivity index (χ4v) is 1.67. The van der Waals surface area contributed by atoms with Gasteiger partial charge in [0.05, 0.1) is 17.3 Å². The topological polar surface area (TPSA) is 45.8 Å². The number of fused-ring (bicyclic) bond motifs is 1. The first-order chi connectivity index (χ1) is 7.85. The molecule has 3 nitrogen and oxygen atoms in total. The molecule has 1 N–H and O–H groups in total. The van der Waals surface area contributed by atoms with Crippen LogP contribution in [0.25, 0.3) is 10.9 Å². The van der Waals surface area contributed by atoms with Crippen LogP contribution in [0.2, 0.25) is 5.28 Å². The first-order valence-electron chi connectivity index (χ1n) is 4.60. The largest absolute Gasteiger partial charge is 0.393 e. The lowest BCUT2D eigenvalue weighted by molar-refractivity contribution is -0.127. The first kappa shape index (κ1) is 11.9. The molecule has 0 atom stereocenters. The molecule has 90 valence electrons. The summed E-state index contributed by atoms with van der Waals surface area (Å²) in [5, 5.41) is 0.0620. The Hall–Kier alpha value is -1.56. The van der Waals surface area contributed by atoms with Crippen LogP contribution in [-0.2, 0) is 6.42 Å². The summed E-state index contributed by atoms with van der Waals surface area (Å²) < 4.78 is 36.6. The molecule has 1 aromatic carbocycles. The molecule has 0 spiro atoms. The predicted octanol–water partition coefficient (Wildman–Crippen LogP) is 2.68. The molecule has 0 bridgehead atoms. The second-order valence-corrected chi connectivity index (χ2v) is 3.86. The van der Waals surface area contributed by atoms with Crippen LogP contribution < -0.4 is 5.56 Å². The highest BCUT2D eigenvalue weighted by molar-refractivity contribution is 6.28. The van der Waals surface area contributed by atoms with Gasteiger partial charge in [0.2, 0.25) is 5.28 Å². The Morgan fingerprint density at radius 2 is 2.06 bits per heavy atom. The third-order valence-electron chi connectivity index (χ3n) is 2.15. The molecule has 7 heteroatoms. The molecule has 0 aliphatic carbocycles. The number of aromatic amines is 1. The van der Waals surface area contributed by atoms with Crippen molar-refractivity contribution in [2.75, 3.05) is 0 Å². The summed E-state index contributed by atoms with van der Waals surface area (Å²) in [6.45, 7) is 0. The van der Waals surface area contributed by atoms with Gasteiger partial charge >= 0.3 is 6.18 Å². The number of nitrogens with one attached hydrogen (secondary N) is 1. The number of benzene rings is 1. The molecular weight excluding hydrogens is 257 g/mol.